The van der Waals surface area contributed by atoms with E-state index in [1.165, 1.54) is 18.2 Å². The van der Waals surface area contributed by atoms with E-state index < -0.39 is 11.8 Å². The Balaban J connectivity index is 1.62. The summed E-state index contributed by atoms with van der Waals surface area (Å²) in [5.41, 5.74) is 2.96. The number of rotatable bonds is 3. The molecular formula is C24H17FO4. The largest absolute Gasteiger partial charge is 0.452 e. The van der Waals surface area contributed by atoms with Crippen molar-refractivity contribution in [1.82, 2.24) is 0 Å². The summed E-state index contributed by atoms with van der Waals surface area (Å²) in [4.78, 5) is 25.0. The lowest BCUT2D eigenvalue weighted by atomic mass is 10.1. The van der Waals surface area contributed by atoms with Gasteiger partial charge in [0.25, 0.3) is 0 Å². The molecular weight excluding hydrogens is 371 g/mol. The zero-order valence-corrected chi connectivity index (χ0v) is 15.9. The Labute approximate surface area is 167 Å². The number of carbonyl (C=O) groups is 2. The predicted octanol–water partition coefficient (Wildman–Crippen LogP) is 5.28. The molecule has 0 bridgehead atoms. The van der Waals surface area contributed by atoms with Gasteiger partial charge in [0.05, 0.1) is 11.1 Å². The minimum absolute atomic E-state index is 0.0990. The molecule has 3 aromatic carbocycles. The maximum absolute atomic E-state index is 13.3. The van der Waals surface area contributed by atoms with Gasteiger partial charge in [-0.1, -0.05) is 35.9 Å². The summed E-state index contributed by atoms with van der Waals surface area (Å²) in [5, 5.41) is 0. The molecule has 0 fully saturated rings. The number of hydrogen-bond acceptors (Lipinski definition) is 4. The Kier molecular flexibility index (Phi) is 4.72. The first-order chi connectivity index (χ1) is 13.9. The molecule has 0 aromatic heterocycles. The SMILES string of the molecule is Cc1cccc(/C=C2\Oc3c(ccc(OC(=O)c4cccc(F)c4)c3C)C2=O)c1. The van der Waals surface area contributed by atoms with Gasteiger partial charge in [-0.15, -0.1) is 0 Å². The summed E-state index contributed by atoms with van der Waals surface area (Å²) in [6, 6.07) is 16.1. The van der Waals surface area contributed by atoms with E-state index in [0.717, 1.165) is 17.2 Å². The molecule has 4 rings (SSSR count). The third-order valence-electron chi connectivity index (χ3n) is 4.64. The average molecular weight is 388 g/mol. The molecule has 0 unspecified atom stereocenters. The normalized spacial score (nSPS) is 13.9. The summed E-state index contributed by atoms with van der Waals surface area (Å²) in [5.74, 6) is -0.617. The van der Waals surface area contributed by atoms with E-state index in [-0.39, 0.29) is 22.9 Å². The maximum Gasteiger partial charge on any atom is 0.343 e. The van der Waals surface area contributed by atoms with Crippen LogP contribution in [0.3, 0.4) is 0 Å². The van der Waals surface area contributed by atoms with Gasteiger partial charge in [0, 0.05) is 5.56 Å². The molecule has 29 heavy (non-hydrogen) atoms. The molecule has 144 valence electrons. The molecule has 0 saturated carbocycles. The minimum atomic E-state index is -0.688. The van der Waals surface area contributed by atoms with Crippen LogP contribution in [0.5, 0.6) is 11.5 Å². The third kappa shape index (κ3) is 3.67. The monoisotopic (exact) mass is 388 g/mol. The van der Waals surface area contributed by atoms with Crippen LogP contribution in [-0.2, 0) is 0 Å². The lowest BCUT2D eigenvalue weighted by Gasteiger charge is -2.10. The summed E-state index contributed by atoms with van der Waals surface area (Å²) >= 11 is 0. The van der Waals surface area contributed by atoms with Crippen molar-refractivity contribution in [3.05, 3.63) is 100 Å². The van der Waals surface area contributed by atoms with Gasteiger partial charge < -0.3 is 9.47 Å². The second-order valence-corrected chi connectivity index (χ2v) is 6.82. The van der Waals surface area contributed by atoms with Gasteiger partial charge in [-0.2, -0.15) is 0 Å². The molecule has 0 amide bonds. The van der Waals surface area contributed by atoms with Crippen LogP contribution in [0.4, 0.5) is 4.39 Å². The van der Waals surface area contributed by atoms with Crippen molar-refractivity contribution in [1.29, 1.82) is 0 Å². The number of allylic oxidation sites excluding steroid dienone is 1. The van der Waals surface area contributed by atoms with Gasteiger partial charge in [0.2, 0.25) is 5.78 Å². The van der Waals surface area contributed by atoms with Gasteiger partial charge in [-0.25, -0.2) is 9.18 Å². The number of halogens is 1. The van der Waals surface area contributed by atoms with Crippen molar-refractivity contribution in [3.63, 3.8) is 0 Å². The molecule has 4 nitrogen and oxygen atoms in total. The molecule has 0 atom stereocenters. The Morgan fingerprint density at radius 2 is 1.83 bits per heavy atom. The second-order valence-electron chi connectivity index (χ2n) is 6.82. The predicted molar refractivity (Wildman–Crippen MR) is 107 cm³/mol. The highest BCUT2D eigenvalue weighted by atomic mass is 19.1. The van der Waals surface area contributed by atoms with Crippen molar-refractivity contribution in [2.45, 2.75) is 13.8 Å². The van der Waals surface area contributed by atoms with Crippen LogP contribution in [0.25, 0.3) is 6.08 Å². The van der Waals surface area contributed by atoms with Crippen LogP contribution in [0.15, 0.2) is 66.4 Å². The number of ketones is 1. The quantitative estimate of drug-likeness (QED) is 0.348. The van der Waals surface area contributed by atoms with Crippen LogP contribution in [0.1, 0.15) is 37.4 Å². The summed E-state index contributed by atoms with van der Waals surface area (Å²) in [6.45, 7) is 3.67. The molecule has 1 aliphatic rings. The van der Waals surface area contributed by atoms with Crippen molar-refractivity contribution in [3.8, 4) is 11.5 Å². The fourth-order valence-corrected chi connectivity index (χ4v) is 3.16. The van der Waals surface area contributed by atoms with Gasteiger partial charge in [0.1, 0.15) is 17.3 Å². The van der Waals surface area contributed by atoms with Crippen molar-refractivity contribution in [2.24, 2.45) is 0 Å². The molecule has 0 aliphatic carbocycles. The zero-order chi connectivity index (χ0) is 20.5. The van der Waals surface area contributed by atoms with E-state index in [4.69, 9.17) is 9.47 Å². The molecule has 1 heterocycles. The molecule has 0 N–H and O–H groups in total. The van der Waals surface area contributed by atoms with Crippen LogP contribution >= 0.6 is 0 Å². The van der Waals surface area contributed by atoms with Crippen molar-refractivity contribution < 1.29 is 23.5 Å². The van der Waals surface area contributed by atoms with Gasteiger partial charge >= 0.3 is 5.97 Å². The number of benzene rings is 3. The number of aryl methyl sites for hydroxylation is 1. The summed E-state index contributed by atoms with van der Waals surface area (Å²) < 4.78 is 24.5. The van der Waals surface area contributed by atoms with E-state index >= 15 is 0 Å². The molecule has 1 aliphatic heterocycles. The number of ether oxygens (including phenoxy) is 2. The Bertz CT molecular complexity index is 1180. The Morgan fingerprint density at radius 3 is 2.59 bits per heavy atom. The average Bonchev–Trinajstić information content (AvgIpc) is 3.00. The lowest BCUT2D eigenvalue weighted by Crippen LogP contribution is -2.09. The highest BCUT2D eigenvalue weighted by molar-refractivity contribution is 6.15. The Morgan fingerprint density at radius 1 is 1.03 bits per heavy atom. The fourth-order valence-electron chi connectivity index (χ4n) is 3.16. The van der Waals surface area contributed by atoms with Gasteiger partial charge in [0.15, 0.2) is 5.76 Å². The van der Waals surface area contributed by atoms with E-state index in [1.807, 2.05) is 31.2 Å². The second kappa shape index (κ2) is 7.36. The zero-order valence-electron chi connectivity index (χ0n) is 15.9. The lowest BCUT2D eigenvalue weighted by molar-refractivity contribution is 0.0732. The summed E-state index contributed by atoms with van der Waals surface area (Å²) in [6.07, 6.45) is 1.69. The highest BCUT2D eigenvalue weighted by Crippen LogP contribution is 2.39. The number of Topliss-reactive ketones (excluding diaryl/α,β-unsaturated/α-hetero) is 1. The van der Waals surface area contributed by atoms with E-state index in [2.05, 4.69) is 0 Å². The number of carbonyl (C=O) groups excluding carboxylic acids is 2. The van der Waals surface area contributed by atoms with Crippen molar-refractivity contribution in [2.75, 3.05) is 0 Å². The molecule has 3 aromatic rings. The van der Waals surface area contributed by atoms with Crippen LogP contribution in [-0.4, -0.2) is 11.8 Å². The standard InChI is InChI=1S/C24H17FO4/c1-14-5-3-6-16(11-14)12-21-22(26)19-9-10-20(15(2)23(19)28-21)29-24(27)17-7-4-8-18(25)13-17/h3-13H,1-2H3/b21-12-. The topological polar surface area (TPSA) is 52.6 Å². The number of esters is 1. The van der Waals surface area contributed by atoms with Crippen molar-refractivity contribution >= 4 is 17.8 Å². The van der Waals surface area contributed by atoms with Crippen LogP contribution in [0.2, 0.25) is 0 Å². The first kappa shape index (κ1) is 18.6. The van der Waals surface area contributed by atoms with Crippen LogP contribution in [0, 0.1) is 19.7 Å². The van der Waals surface area contributed by atoms with E-state index in [0.29, 0.717) is 16.9 Å². The summed E-state index contributed by atoms with van der Waals surface area (Å²) in [7, 11) is 0. The highest BCUT2D eigenvalue weighted by Gasteiger charge is 2.30. The van der Waals surface area contributed by atoms with Gasteiger partial charge in [-0.3, -0.25) is 4.79 Å². The van der Waals surface area contributed by atoms with Crippen LogP contribution < -0.4 is 9.47 Å². The first-order valence-electron chi connectivity index (χ1n) is 9.04. The maximum atomic E-state index is 13.3. The first-order valence-corrected chi connectivity index (χ1v) is 9.04. The molecule has 0 radical (unpaired) electrons. The number of hydrogen-bond donors (Lipinski definition) is 0. The molecule has 0 saturated heterocycles. The van der Waals surface area contributed by atoms with E-state index in [9.17, 15) is 14.0 Å². The Hall–Kier alpha value is -3.73. The van der Waals surface area contributed by atoms with E-state index in [1.54, 1.807) is 25.1 Å². The third-order valence-corrected chi connectivity index (χ3v) is 4.64. The van der Waals surface area contributed by atoms with Gasteiger partial charge in [-0.05, 0) is 55.8 Å². The minimum Gasteiger partial charge on any atom is -0.452 e. The smallest absolute Gasteiger partial charge is 0.343 e. The molecule has 5 heteroatoms. The number of fused-ring (bicyclic) bond motifs is 1. The molecule has 0 spiro atoms. The fraction of sp³-hybridized carbons (Fsp3) is 0.0833.